The number of aromatic nitrogens is 3. The van der Waals surface area contributed by atoms with Crippen LogP contribution in [0.3, 0.4) is 0 Å². The SMILES string of the molecule is Cc1nc(N[C@@H]2CCCN(CC3CC3)C2)nnc1-c1ccc(C(F)(F)F)cc1O. The molecular weight excluding hydrogens is 383 g/mol. The van der Waals surface area contributed by atoms with Gasteiger partial charge < -0.3 is 15.3 Å². The molecule has 2 aliphatic rings. The van der Waals surface area contributed by atoms with Gasteiger partial charge in [0.1, 0.15) is 11.4 Å². The fourth-order valence-electron chi connectivity index (χ4n) is 3.81. The topological polar surface area (TPSA) is 74.2 Å². The van der Waals surface area contributed by atoms with Crippen LogP contribution in [0.4, 0.5) is 19.1 Å². The van der Waals surface area contributed by atoms with Crippen LogP contribution in [0.2, 0.25) is 0 Å². The zero-order valence-electron chi connectivity index (χ0n) is 16.2. The van der Waals surface area contributed by atoms with Gasteiger partial charge in [-0.25, -0.2) is 4.98 Å². The Morgan fingerprint density at radius 2 is 2.00 bits per heavy atom. The molecule has 0 spiro atoms. The number of phenols is 1. The highest BCUT2D eigenvalue weighted by molar-refractivity contribution is 5.69. The highest BCUT2D eigenvalue weighted by Crippen LogP contribution is 2.36. The van der Waals surface area contributed by atoms with Crippen molar-refractivity contribution in [3.05, 3.63) is 29.5 Å². The fraction of sp³-hybridized carbons (Fsp3) is 0.550. The molecule has 1 saturated heterocycles. The predicted octanol–water partition coefficient (Wildman–Crippen LogP) is 3.86. The number of aryl methyl sites for hydroxylation is 1. The van der Waals surface area contributed by atoms with E-state index in [1.54, 1.807) is 6.92 Å². The average molecular weight is 407 g/mol. The lowest BCUT2D eigenvalue weighted by Crippen LogP contribution is -2.43. The molecule has 9 heteroatoms. The maximum Gasteiger partial charge on any atom is 0.416 e. The summed E-state index contributed by atoms with van der Waals surface area (Å²) in [4.78, 5) is 6.90. The monoisotopic (exact) mass is 407 g/mol. The number of hydrogen-bond donors (Lipinski definition) is 2. The molecule has 4 rings (SSSR count). The van der Waals surface area contributed by atoms with Gasteiger partial charge in [0, 0.05) is 24.7 Å². The van der Waals surface area contributed by atoms with Crippen LogP contribution < -0.4 is 5.32 Å². The van der Waals surface area contributed by atoms with Crippen LogP contribution in [0, 0.1) is 12.8 Å². The molecule has 1 atom stereocenters. The van der Waals surface area contributed by atoms with Crippen LogP contribution in [-0.4, -0.2) is 50.9 Å². The summed E-state index contributed by atoms with van der Waals surface area (Å²) in [6.45, 7) is 4.92. The van der Waals surface area contributed by atoms with E-state index in [1.165, 1.54) is 18.9 Å². The second kappa shape index (κ2) is 7.78. The van der Waals surface area contributed by atoms with E-state index in [-0.39, 0.29) is 17.3 Å². The summed E-state index contributed by atoms with van der Waals surface area (Å²) >= 11 is 0. The maximum atomic E-state index is 12.8. The lowest BCUT2D eigenvalue weighted by atomic mass is 10.1. The normalized spacial score (nSPS) is 20.6. The Morgan fingerprint density at radius 1 is 1.21 bits per heavy atom. The Bertz CT molecular complexity index is 885. The van der Waals surface area contributed by atoms with E-state index < -0.39 is 17.5 Å². The van der Waals surface area contributed by atoms with Crippen LogP contribution in [0.15, 0.2) is 18.2 Å². The summed E-state index contributed by atoms with van der Waals surface area (Å²) in [6, 6.07) is 3.05. The van der Waals surface area contributed by atoms with Crippen LogP contribution in [0.25, 0.3) is 11.3 Å². The molecule has 2 heterocycles. The number of anilines is 1. The quantitative estimate of drug-likeness (QED) is 0.784. The Labute approximate surface area is 167 Å². The third kappa shape index (κ3) is 4.77. The second-order valence-electron chi connectivity index (χ2n) is 7.99. The third-order valence-corrected chi connectivity index (χ3v) is 5.49. The standard InChI is InChI=1S/C20H24F3N5O/c1-12-18(16-7-6-14(9-17(16)29)20(21,22)23)26-27-19(24-12)25-15-3-2-8-28(11-15)10-13-4-5-13/h6-7,9,13,15,29H,2-5,8,10-11H2,1H3,(H,24,25,27)/t15-/m1/s1. The van der Waals surface area contributed by atoms with Gasteiger partial charge in [0.2, 0.25) is 5.95 Å². The lowest BCUT2D eigenvalue weighted by Gasteiger charge is -2.33. The predicted molar refractivity (Wildman–Crippen MR) is 102 cm³/mol. The van der Waals surface area contributed by atoms with Crippen molar-refractivity contribution in [2.24, 2.45) is 5.92 Å². The minimum absolute atomic E-state index is 0.176. The summed E-state index contributed by atoms with van der Waals surface area (Å²) in [7, 11) is 0. The molecule has 1 aliphatic heterocycles. The first-order chi connectivity index (χ1) is 13.8. The molecule has 156 valence electrons. The number of hydrogen-bond acceptors (Lipinski definition) is 6. The molecule has 1 aliphatic carbocycles. The Hall–Kier alpha value is -2.42. The van der Waals surface area contributed by atoms with E-state index in [9.17, 15) is 18.3 Å². The molecule has 0 unspecified atom stereocenters. The highest BCUT2D eigenvalue weighted by atomic mass is 19.4. The Balaban J connectivity index is 1.46. The van der Waals surface area contributed by atoms with Crippen molar-refractivity contribution < 1.29 is 18.3 Å². The maximum absolute atomic E-state index is 12.8. The molecule has 0 bridgehead atoms. The number of nitrogens with zero attached hydrogens (tertiary/aromatic N) is 4. The molecule has 1 aromatic heterocycles. The fourth-order valence-corrected chi connectivity index (χ4v) is 3.81. The number of likely N-dealkylation sites (tertiary alicyclic amines) is 1. The number of phenolic OH excluding ortho intramolecular Hbond substituents is 1. The van der Waals surface area contributed by atoms with E-state index in [2.05, 4.69) is 25.4 Å². The second-order valence-corrected chi connectivity index (χ2v) is 7.99. The largest absolute Gasteiger partial charge is 0.507 e. The molecule has 29 heavy (non-hydrogen) atoms. The van der Waals surface area contributed by atoms with Gasteiger partial charge in [0.15, 0.2) is 0 Å². The Kier molecular flexibility index (Phi) is 5.33. The zero-order valence-corrected chi connectivity index (χ0v) is 16.2. The number of alkyl halides is 3. The van der Waals surface area contributed by atoms with Gasteiger partial charge in [-0.1, -0.05) is 0 Å². The Morgan fingerprint density at radius 3 is 2.66 bits per heavy atom. The van der Waals surface area contributed by atoms with Crippen LogP contribution >= 0.6 is 0 Å². The highest BCUT2D eigenvalue weighted by Gasteiger charge is 2.31. The van der Waals surface area contributed by atoms with Crippen molar-refractivity contribution in [1.29, 1.82) is 0 Å². The summed E-state index contributed by atoms with van der Waals surface area (Å²) in [5.74, 6) is 0.753. The van der Waals surface area contributed by atoms with Gasteiger partial charge in [0.25, 0.3) is 0 Å². The van der Waals surface area contributed by atoms with E-state index >= 15 is 0 Å². The van der Waals surface area contributed by atoms with E-state index in [4.69, 9.17) is 0 Å². The van der Waals surface area contributed by atoms with Crippen molar-refractivity contribution in [3.63, 3.8) is 0 Å². The lowest BCUT2D eigenvalue weighted by molar-refractivity contribution is -0.137. The number of aromatic hydroxyl groups is 1. The molecular formula is C20H24F3N5O. The van der Waals surface area contributed by atoms with E-state index in [0.717, 1.165) is 44.5 Å². The average Bonchev–Trinajstić information content (AvgIpc) is 3.46. The molecule has 0 radical (unpaired) electrons. The van der Waals surface area contributed by atoms with Gasteiger partial charge in [-0.3, -0.25) is 0 Å². The first kappa shape index (κ1) is 19.9. The molecule has 2 aromatic rings. The van der Waals surface area contributed by atoms with Crippen molar-refractivity contribution in [1.82, 2.24) is 20.1 Å². The number of nitrogens with one attached hydrogen (secondary N) is 1. The number of halogens is 3. The minimum Gasteiger partial charge on any atom is -0.507 e. The van der Waals surface area contributed by atoms with Gasteiger partial charge in [-0.2, -0.15) is 13.2 Å². The van der Waals surface area contributed by atoms with E-state index in [0.29, 0.717) is 17.7 Å². The van der Waals surface area contributed by atoms with Crippen molar-refractivity contribution in [2.75, 3.05) is 25.0 Å². The molecule has 2 fully saturated rings. The molecule has 2 N–H and O–H groups in total. The number of benzene rings is 1. The van der Waals surface area contributed by atoms with E-state index in [1.807, 2.05) is 0 Å². The molecule has 6 nitrogen and oxygen atoms in total. The van der Waals surface area contributed by atoms with Crippen LogP contribution in [0.5, 0.6) is 5.75 Å². The van der Waals surface area contributed by atoms with Crippen molar-refractivity contribution >= 4 is 5.95 Å². The minimum atomic E-state index is -4.52. The molecule has 1 saturated carbocycles. The number of piperidine rings is 1. The van der Waals surface area contributed by atoms with Gasteiger partial charge in [-0.05, 0) is 63.3 Å². The zero-order chi connectivity index (χ0) is 20.6. The van der Waals surface area contributed by atoms with Crippen LogP contribution in [0.1, 0.15) is 36.9 Å². The van der Waals surface area contributed by atoms with Gasteiger partial charge in [0.05, 0.1) is 11.3 Å². The first-order valence-electron chi connectivity index (χ1n) is 9.90. The summed E-state index contributed by atoms with van der Waals surface area (Å²) in [5, 5.41) is 21.6. The summed E-state index contributed by atoms with van der Waals surface area (Å²) < 4.78 is 38.4. The molecule has 0 amide bonds. The van der Waals surface area contributed by atoms with Crippen molar-refractivity contribution in [3.8, 4) is 17.0 Å². The first-order valence-corrected chi connectivity index (χ1v) is 9.90. The van der Waals surface area contributed by atoms with Crippen molar-refractivity contribution in [2.45, 2.75) is 44.8 Å². The summed E-state index contributed by atoms with van der Waals surface area (Å²) in [6.07, 6.45) is 0.299. The summed E-state index contributed by atoms with van der Waals surface area (Å²) in [5.41, 5.74) is 0.0166. The van der Waals surface area contributed by atoms with Gasteiger partial charge >= 0.3 is 6.18 Å². The molecule has 1 aromatic carbocycles. The smallest absolute Gasteiger partial charge is 0.416 e. The number of rotatable bonds is 5. The third-order valence-electron chi connectivity index (χ3n) is 5.49. The van der Waals surface area contributed by atoms with Crippen LogP contribution in [-0.2, 0) is 6.18 Å². The van der Waals surface area contributed by atoms with Gasteiger partial charge in [-0.15, -0.1) is 10.2 Å².